The van der Waals surface area contributed by atoms with E-state index in [1.54, 1.807) is 23.0 Å². The first-order valence-corrected chi connectivity index (χ1v) is 8.37. The fourth-order valence-corrected chi connectivity index (χ4v) is 3.60. The second-order valence-corrected chi connectivity index (χ2v) is 6.36. The average Bonchev–Trinajstić information content (AvgIpc) is 3.05. The maximum atomic E-state index is 13.0. The molecule has 0 saturated heterocycles. The molecule has 0 amide bonds. The van der Waals surface area contributed by atoms with Gasteiger partial charge in [-0.25, -0.2) is 9.37 Å². The molecule has 0 unspecified atom stereocenters. The molecule has 2 aromatic heterocycles. The molecule has 0 saturated carbocycles. The molecule has 0 fully saturated rings. The summed E-state index contributed by atoms with van der Waals surface area (Å²) in [5, 5.41) is 2.60. The molecule has 24 heavy (non-hydrogen) atoms. The lowest BCUT2D eigenvalue weighted by molar-refractivity contribution is 0.626. The quantitative estimate of drug-likeness (QED) is 0.559. The van der Waals surface area contributed by atoms with Gasteiger partial charge in [-0.15, -0.1) is 11.3 Å². The summed E-state index contributed by atoms with van der Waals surface area (Å²) in [6.45, 7) is 0.367. The predicted octanol–water partition coefficient (Wildman–Crippen LogP) is 4.31. The predicted molar refractivity (Wildman–Crippen MR) is 94.8 cm³/mol. The number of aromatic nitrogens is 2. The number of benzene rings is 2. The first-order chi connectivity index (χ1) is 11.7. The minimum Gasteiger partial charge on any atom is -0.294 e. The fraction of sp³-hybridized carbons (Fsp3) is 0.0526. The van der Waals surface area contributed by atoms with Gasteiger partial charge in [0.15, 0.2) is 0 Å². The van der Waals surface area contributed by atoms with Gasteiger partial charge in [-0.05, 0) is 23.3 Å². The van der Waals surface area contributed by atoms with E-state index in [-0.39, 0.29) is 11.4 Å². The second kappa shape index (κ2) is 6.02. The minimum atomic E-state index is -0.288. The van der Waals surface area contributed by atoms with E-state index in [0.717, 1.165) is 21.5 Å². The number of halogens is 1. The number of hydrogen-bond donors (Lipinski definition) is 0. The Morgan fingerprint density at radius 1 is 1.04 bits per heavy atom. The minimum absolute atomic E-state index is 0.0792. The van der Waals surface area contributed by atoms with Crippen LogP contribution in [0.1, 0.15) is 5.56 Å². The van der Waals surface area contributed by atoms with Crippen molar-refractivity contribution in [1.29, 1.82) is 0 Å². The molecule has 0 aliphatic rings. The van der Waals surface area contributed by atoms with Gasteiger partial charge in [0.25, 0.3) is 5.56 Å². The third-order valence-electron chi connectivity index (χ3n) is 3.91. The van der Waals surface area contributed by atoms with Gasteiger partial charge in [0.05, 0.1) is 18.3 Å². The Morgan fingerprint density at radius 3 is 2.54 bits per heavy atom. The van der Waals surface area contributed by atoms with Gasteiger partial charge < -0.3 is 0 Å². The van der Waals surface area contributed by atoms with Crippen molar-refractivity contribution in [2.24, 2.45) is 0 Å². The maximum absolute atomic E-state index is 13.0. The number of rotatable bonds is 3. The van der Waals surface area contributed by atoms with Crippen molar-refractivity contribution in [1.82, 2.24) is 9.55 Å². The van der Waals surface area contributed by atoms with Gasteiger partial charge >= 0.3 is 0 Å². The average molecular weight is 336 g/mol. The van der Waals surface area contributed by atoms with Crippen molar-refractivity contribution in [3.05, 3.63) is 88.0 Å². The lowest BCUT2D eigenvalue weighted by atomic mass is 10.1. The van der Waals surface area contributed by atoms with Gasteiger partial charge in [-0.1, -0.05) is 42.5 Å². The number of nitrogens with zero attached hydrogens (tertiary/aromatic N) is 2. The Labute approximate surface area is 141 Å². The van der Waals surface area contributed by atoms with E-state index in [0.29, 0.717) is 11.9 Å². The van der Waals surface area contributed by atoms with E-state index in [4.69, 9.17) is 0 Å². The molecule has 118 valence electrons. The molecule has 2 aromatic carbocycles. The van der Waals surface area contributed by atoms with E-state index >= 15 is 0 Å². The molecule has 0 aliphatic heterocycles. The molecule has 0 N–H and O–H groups in total. The summed E-state index contributed by atoms with van der Waals surface area (Å²) in [6.07, 6.45) is 1.55. The number of hydrogen-bond acceptors (Lipinski definition) is 3. The molecule has 5 heteroatoms. The SMILES string of the molecule is O=c1c2c(-c3ccccc3)csc2ncn1Cc1ccc(F)cc1. The van der Waals surface area contributed by atoms with Gasteiger partial charge in [-0.2, -0.15) is 0 Å². The maximum Gasteiger partial charge on any atom is 0.263 e. The highest BCUT2D eigenvalue weighted by molar-refractivity contribution is 7.17. The molecule has 0 atom stereocenters. The summed E-state index contributed by atoms with van der Waals surface area (Å²) in [7, 11) is 0. The van der Waals surface area contributed by atoms with Crippen LogP contribution in [0.2, 0.25) is 0 Å². The van der Waals surface area contributed by atoms with Crippen molar-refractivity contribution in [2.45, 2.75) is 6.54 Å². The summed E-state index contributed by atoms with van der Waals surface area (Å²) in [5.74, 6) is -0.288. The van der Waals surface area contributed by atoms with Crippen molar-refractivity contribution in [3.8, 4) is 11.1 Å². The van der Waals surface area contributed by atoms with E-state index < -0.39 is 0 Å². The van der Waals surface area contributed by atoms with Crippen LogP contribution in [-0.4, -0.2) is 9.55 Å². The fourth-order valence-electron chi connectivity index (χ4n) is 2.70. The van der Waals surface area contributed by atoms with Crippen LogP contribution in [0.3, 0.4) is 0 Å². The lowest BCUT2D eigenvalue weighted by Crippen LogP contribution is -2.20. The standard InChI is InChI=1S/C19H13FN2OS/c20-15-8-6-13(7-9-15)10-22-12-21-18-17(19(22)23)16(11-24-18)14-4-2-1-3-5-14/h1-9,11-12H,10H2. The van der Waals surface area contributed by atoms with E-state index in [9.17, 15) is 9.18 Å². The highest BCUT2D eigenvalue weighted by atomic mass is 32.1. The second-order valence-electron chi connectivity index (χ2n) is 5.50. The van der Waals surface area contributed by atoms with E-state index in [1.807, 2.05) is 35.7 Å². The molecule has 3 nitrogen and oxygen atoms in total. The number of fused-ring (bicyclic) bond motifs is 1. The molecular formula is C19H13FN2OS. The monoisotopic (exact) mass is 336 g/mol. The zero-order chi connectivity index (χ0) is 16.5. The summed E-state index contributed by atoms with van der Waals surface area (Å²) >= 11 is 1.47. The van der Waals surface area contributed by atoms with Crippen LogP contribution < -0.4 is 5.56 Å². The van der Waals surface area contributed by atoms with Crippen molar-refractivity contribution in [3.63, 3.8) is 0 Å². The molecule has 0 aliphatic carbocycles. The Balaban J connectivity index is 1.82. The Bertz CT molecular complexity index is 1050. The normalized spacial score (nSPS) is 11.0. The van der Waals surface area contributed by atoms with Crippen LogP contribution in [-0.2, 0) is 6.54 Å². The summed E-state index contributed by atoms with van der Waals surface area (Å²) in [4.78, 5) is 18.1. The van der Waals surface area contributed by atoms with Gasteiger partial charge in [0, 0.05) is 10.9 Å². The third kappa shape index (κ3) is 2.63. The van der Waals surface area contributed by atoms with Crippen molar-refractivity contribution < 1.29 is 4.39 Å². The van der Waals surface area contributed by atoms with Crippen LogP contribution in [0.15, 0.2) is 71.1 Å². The van der Waals surface area contributed by atoms with Crippen molar-refractivity contribution in [2.75, 3.05) is 0 Å². The van der Waals surface area contributed by atoms with E-state index in [2.05, 4.69) is 4.98 Å². The zero-order valence-electron chi connectivity index (χ0n) is 12.6. The molecule has 0 radical (unpaired) electrons. The molecule has 4 aromatic rings. The summed E-state index contributed by atoms with van der Waals surface area (Å²) in [5.41, 5.74) is 2.68. The van der Waals surface area contributed by atoms with Crippen LogP contribution in [0.5, 0.6) is 0 Å². The lowest BCUT2D eigenvalue weighted by Gasteiger charge is -2.06. The van der Waals surface area contributed by atoms with Gasteiger partial charge in [0.1, 0.15) is 10.6 Å². The first kappa shape index (κ1) is 14.8. The van der Waals surface area contributed by atoms with E-state index in [1.165, 1.54) is 23.5 Å². The van der Waals surface area contributed by atoms with Crippen LogP contribution in [0.4, 0.5) is 4.39 Å². The molecular weight excluding hydrogens is 323 g/mol. The summed E-state index contributed by atoms with van der Waals surface area (Å²) < 4.78 is 14.6. The molecule has 2 heterocycles. The highest BCUT2D eigenvalue weighted by Crippen LogP contribution is 2.30. The Hall–Kier alpha value is -2.79. The Morgan fingerprint density at radius 2 is 1.79 bits per heavy atom. The van der Waals surface area contributed by atoms with Crippen LogP contribution in [0, 0.1) is 5.82 Å². The van der Waals surface area contributed by atoms with Crippen molar-refractivity contribution >= 4 is 21.6 Å². The third-order valence-corrected chi connectivity index (χ3v) is 4.80. The topological polar surface area (TPSA) is 34.9 Å². The van der Waals surface area contributed by atoms with Gasteiger partial charge in [-0.3, -0.25) is 9.36 Å². The molecule has 0 spiro atoms. The highest BCUT2D eigenvalue weighted by Gasteiger charge is 2.13. The molecule has 0 bridgehead atoms. The van der Waals surface area contributed by atoms with Crippen LogP contribution >= 0.6 is 11.3 Å². The van der Waals surface area contributed by atoms with Crippen LogP contribution in [0.25, 0.3) is 21.3 Å². The Kier molecular flexibility index (Phi) is 3.70. The molecule has 4 rings (SSSR count). The zero-order valence-corrected chi connectivity index (χ0v) is 13.5. The largest absolute Gasteiger partial charge is 0.294 e. The summed E-state index contributed by atoms with van der Waals surface area (Å²) in [6, 6.07) is 16.0. The first-order valence-electron chi connectivity index (χ1n) is 7.49. The smallest absolute Gasteiger partial charge is 0.263 e. The number of thiophene rings is 1. The van der Waals surface area contributed by atoms with Gasteiger partial charge in [0.2, 0.25) is 0 Å².